The normalized spacial score (nSPS) is 14.3. The van der Waals surface area contributed by atoms with Gasteiger partial charge in [-0.25, -0.2) is 0 Å². The third-order valence-corrected chi connectivity index (χ3v) is 6.10. The molecule has 0 fully saturated rings. The van der Waals surface area contributed by atoms with Crippen molar-refractivity contribution in [2.45, 2.75) is 13.2 Å². The lowest BCUT2D eigenvalue weighted by molar-refractivity contribution is -0.112. The first-order chi connectivity index (χ1) is 14.5. The van der Waals surface area contributed by atoms with Gasteiger partial charge in [0.2, 0.25) is 0 Å². The fourth-order valence-corrected chi connectivity index (χ4v) is 3.99. The lowest BCUT2D eigenvalue weighted by Crippen LogP contribution is -2.29. The number of fused-ring (bicyclic) bond motifs is 1. The number of amides is 1. The fourth-order valence-electron chi connectivity index (χ4n) is 3.16. The second-order valence-corrected chi connectivity index (χ2v) is 8.20. The molecule has 3 aromatic carbocycles. The second-order valence-electron chi connectivity index (χ2n) is 6.57. The van der Waals surface area contributed by atoms with Crippen LogP contribution in [-0.2, 0) is 22.8 Å². The van der Waals surface area contributed by atoms with E-state index in [0.29, 0.717) is 37.8 Å². The van der Waals surface area contributed by atoms with Crippen LogP contribution in [0.1, 0.15) is 16.7 Å². The van der Waals surface area contributed by atoms with Crippen LogP contribution in [0.15, 0.2) is 65.8 Å². The lowest BCUT2D eigenvalue weighted by atomic mass is 10.1. The first-order valence-electron chi connectivity index (χ1n) is 8.93. The Bertz CT molecular complexity index is 1140. The van der Waals surface area contributed by atoms with Gasteiger partial charge in [-0.3, -0.25) is 4.79 Å². The third-order valence-electron chi connectivity index (χ3n) is 4.65. The molecule has 0 atom stereocenters. The zero-order chi connectivity index (χ0) is 21.3. The van der Waals surface area contributed by atoms with Gasteiger partial charge in [0.25, 0.3) is 5.91 Å². The van der Waals surface area contributed by atoms with Crippen LogP contribution < -0.4 is 4.90 Å². The number of hydrogen-bond donors (Lipinski definition) is 0. The average molecular weight is 480 g/mol. The Morgan fingerprint density at radius 2 is 1.57 bits per heavy atom. The number of carbonyl (C=O) groups excluding carboxylic acids is 1. The van der Waals surface area contributed by atoms with E-state index in [2.05, 4.69) is 5.16 Å². The monoisotopic (exact) mass is 478 g/mol. The molecule has 1 amide bonds. The molecule has 8 heteroatoms. The van der Waals surface area contributed by atoms with Crippen LogP contribution in [0.5, 0.6) is 0 Å². The molecule has 1 heterocycles. The van der Waals surface area contributed by atoms with Gasteiger partial charge in [-0.1, -0.05) is 81.9 Å². The van der Waals surface area contributed by atoms with Gasteiger partial charge in [0.15, 0.2) is 5.71 Å². The first-order valence-corrected chi connectivity index (χ1v) is 10.4. The van der Waals surface area contributed by atoms with E-state index in [1.165, 1.54) is 0 Å². The Hall–Kier alpha value is -2.24. The molecule has 0 N–H and O–H groups in total. The Morgan fingerprint density at radius 3 is 2.30 bits per heavy atom. The van der Waals surface area contributed by atoms with Gasteiger partial charge in [0, 0.05) is 21.2 Å². The molecule has 0 aliphatic carbocycles. The second kappa shape index (κ2) is 8.86. The Labute approximate surface area is 193 Å². The molecule has 0 radical (unpaired) electrons. The highest BCUT2D eigenvalue weighted by Gasteiger charge is 2.34. The molecule has 1 aliphatic rings. The summed E-state index contributed by atoms with van der Waals surface area (Å²) in [4.78, 5) is 20.2. The summed E-state index contributed by atoms with van der Waals surface area (Å²) in [5.41, 5.74) is 3.10. The summed E-state index contributed by atoms with van der Waals surface area (Å²) in [5.74, 6) is -0.271. The van der Waals surface area contributed by atoms with E-state index < -0.39 is 0 Å². The number of para-hydroxylation sites is 1. The summed E-state index contributed by atoms with van der Waals surface area (Å²) in [7, 11) is 0. The highest BCUT2D eigenvalue weighted by atomic mass is 35.5. The van der Waals surface area contributed by atoms with Gasteiger partial charge in [0.05, 0.1) is 22.3 Å². The van der Waals surface area contributed by atoms with Gasteiger partial charge in [-0.05, 0) is 35.9 Å². The van der Waals surface area contributed by atoms with Crippen LogP contribution in [0.2, 0.25) is 20.1 Å². The Kier molecular flexibility index (Phi) is 6.21. The maximum absolute atomic E-state index is 13.1. The smallest absolute Gasteiger partial charge is 0.281 e. The molecule has 0 saturated carbocycles. The van der Waals surface area contributed by atoms with Gasteiger partial charge in [0.1, 0.15) is 6.61 Å². The van der Waals surface area contributed by atoms with Gasteiger partial charge in [-0.2, -0.15) is 0 Å². The lowest BCUT2D eigenvalue weighted by Gasteiger charge is -2.17. The number of anilines is 1. The summed E-state index contributed by atoms with van der Waals surface area (Å²) in [5, 5.41) is 5.95. The van der Waals surface area contributed by atoms with Crippen LogP contribution >= 0.6 is 46.4 Å². The molecule has 0 bridgehead atoms. The van der Waals surface area contributed by atoms with Crippen LogP contribution in [-0.4, -0.2) is 11.6 Å². The molecule has 0 unspecified atom stereocenters. The quantitative estimate of drug-likeness (QED) is 0.379. The van der Waals surface area contributed by atoms with Crippen LogP contribution in [0, 0.1) is 0 Å². The number of oxime groups is 1. The van der Waals surface area contributed by atoms with Gasteiger partial charge < -0.3 is 9.74 Å². The number of halogens is 4. The zero-order valence-corrected chi connectivity index (χ0v) is 18.4. The van der Waals surface area contributed by atoms with Crippen molar-refractivity contribution in [3.8, 4) is 0 Å². The predicted molar refractivity (Wildman–Crippen MR) is 122 cm³/mol. The highest BCUT2D eigenvalue weighted by molar-refractivity contribution is 6.54. The minimum Gasteiger partial charge on any atom is -0.390 e. The van der Waals surface area contributed by atoms with Crippen LogP contribution in [0.3, 0.4) is 0 Å². The maximum atomic E-state index is 13.1. The van der Waals surface area contributed by atoms with Crippen molar-refractivity contribution >= 4 is 63.7 Å². The standard InChI is InChI=1S/C22H14Cl4N2O2/c23-16-5-3-6-17(24)15(16)12-30-27-21-14-4-1-2-7-20(14)28(22(21)29)11-13-8-9-18(25)19(26)10-13/h1-10H,11-12H2/b27-21+. The third kappa shape index (κ3) is 4.14. The minimum absolute atomic E-state index is 0.0459. The predicted octanol–water partition coefficient (Wildman–Crippen LogP) is 6.77. The van der Waals surface area contributed by atoms with E-state index >= 15 is 0 Å². The molecule has 3 aromatic rings. The summed E-state index contributed by atoms with van der Waals surface area (Å²) >= 11 is 24.4. The van der Waals surface area contributed by atoms with Gasteiger partial charge in [-0.15, -0.1) is 0 Å². The molecular weight excluding hydrogens is 466 g/mol. The maximum Gasteiger partial charge on any atom is 0.281 e. The van der Waals surface area contributed by atoms with E-state index in [1.54, 1.807) is 35.2 Å². The van der Waals surface area contributed by atoms with E-state index in [-0.39, 0.29) is 18.2 Å². The fraction of sp³-hybridized carbons (Fsp3) is 0.0909. The number of hydrogen-bond acceptors (Lipinski definition) is 3. The Balaban J connectivity index is 1.59. The number of rotatable bonds is 5. The minimum atomic E-state index is -0.271. The molecule has 1 aliphatic heterocycles. The van der Waals surface area contributed by atoms with Crippen molar-refractivity contribution in [3.63, 3.8) is 0 Å². The van der Waals surface area contributed by atoms with Crippen molar-refractivity contribution in [2.75, 3.05) is 4.90 Å². The molecule has 0 spiro atoms. The number of nitrogens with zero attached hydrogens (tertiary/aromatic N) is 2. The summed E-state index contributed by atoms with van der Waals surface area (Å²) in [6.45, 7) is 0.367. The van der Waals surface area contributed by atoms with Crippen molar-refractivity contribution in [3.05, 3.63) is 97.4 Å². The summed E-state index contributed by atoms with van der Waals surface area (Å²) in [6, 6.07) is 17.8. The SMILES string of the molecule is O=C1/C(=N/OCc2c(Cl)cccc2Cl)c2ccccc2N1Cc1ccc(Cl)c(Cl)c1. The molecule has 0 aromatic heterocycles. The van der Waals surface area contributed by atoms with Crippen molar-refractivity contribution in [1.82, 2.24) is 0 Å². The zero-order valence-electron chi connectivity index (χ0n) is 15.4. The Morgan fingerprint density at radius 1 is 0.833 bits per heavy atom. The molecule has 4 rings (SSSR count). The molecule has 30 heavy (non-hydrogen) atoms. The van der Waals surface area contributed by atoms with E-state index in [9.17, 15) is 4.79 Å². The van der Waals surface area contributed by atoms with Crippen LogP contribution in [0.4, 0.5) is 5.69 Å². The van der Waals surface area contributed by atoms with Crippen LogP contribution in [0.25, 0.3) is 0 Å². The van der Waals surface area contributed by atoms with Crippen molar-refractivity contribution < 1.29 is 9.63 Å². The number of carbonyl (C=O) groups is 1. The molecule has 0 saturated heterocycles. The highest BCUT2D eigenvalue weighted by Crippen LogP contribution is 2.32. The summed E-state index contributed by atoms with van der Waals surface area (Å²) < 4.78 is 0. The van der Waals surface area contributed by atoms with E-state index in [1.807, 2.05) is 30.3 Å². The van der Waals surface area contributed by atoms with E-state index in [0.717, 1.165) is 11.3 Å². The van der Waals surface area contributed by atoms with Crippen molar-refractivity contribution in [1.29, 1.82) is 0 Å². The van der Waals surface area contributed by atoms with Gasteiger partial charge >= 0.3 is 0 Å². The average Bonchev–Trinajstić information content (AvgIpc) is 2.99. The first kappa shape index (κ1) is 21.0. The van der Waals surface area contributed by atoms with E-state index in [4.69, 9.17) is 51.2 Å². The van der Waals surface area contributed by atoms with Crippen molar-refractivity contribution in [2.24, 2.45) is 5.16 Å². The molecular formula is C22H14Cl4N2O2. The largest absolute Gasteiger partial charge is 0.390 e. The summed E-state index contributed by atoms with van der Waals surface area (Å²) in [6.07, 6.45) is 0. The molecule has 152 valence electrons. The topological polar surface area (TPSA) is 41.9 Å². The molecule has 4 nitrogen and oxygen atoms in total. The number of benzene rings is 3.